The quantitative estimate of drug-likeness (QED) is 0.328. The van der Waals surface area contributed by atoms with Gasteiger partial charge in [-0.3, -0.25) is 25.0 Å². The van der Waals surface area contributed by atoms with Gasteiger partial charge < -0.3 is 10.1 Å². The van der Waals surface area contributed by atoms with E-state index in [0.29, 0.717) is 24.1 Å². The number of carbonyl (C=O) groups excluding carboxylic acids is 2. The largest absolute Gasteiger partial charge is 0.457 e. The van der Waals surface area contributed by atoms with Gasteiger partial charge in [0.25, 0.3) is 11.4 Å². The molecule has 190 valence electrons. The van der Waals surface area contributed by atoms with E-state index < -0.39 is 21.7 Å². The van der Waals surface area contributed by atoms with Crippen molar-refractivity contribution < 1.29 is 24.2 Å². The molecule has 0 saturated carbocycles. The van der Waals surface area contributed by atoms with Crippen LogP contribution in [0.1, 0.15) is 49.3 Å². The van der Waals surface area contributed by atoms with E-state index in [1.54, 1.807) is 31.2 Å². The molecule has 2 aromatic carbocycles. The maximum Gasteiger partial charge on any atom is 0.337 e. The highest BCUT2D eigenvalue weighted by Gasteiger charge is 2.43. The van der Waals surface area contributed by atoms with Crippen molar-refractivity contribution in [2.75, 3.05) is 0 Å². The van der Waals surface area contributed by atoms with Crippen molar-refractivity contribution in [1.82, 2.24) is 10.7 Å². The van der Waals surface area contributed by atoms with Gasteiger partial charge in [-0.05, 0) is 25.0 Å². The number of carbonyl (C=O) groups is 2. The topological polar surface area (TPSA) is 166 Å². The summed E-state index contributed by atoms with van der Waals surface area (Å²) in [7, 11) is 0. The second-order valence-corrected chi connectivity index (χ2v) is 8.55. The predicted molar refractivity (Wildman–Crippen MR) is 132 cm³/mol. The van der Waals surface area contributed by atoms with Gasteiger partial charge >= 0.3 is 5.97 Å². The number of nitrogens with zero attached hydrogens (tertiary/aromatic N) is 3. The lowest BCUT2D eigenvalue weighted by Crippen LogP contribution is -2.32. The molecule has 0 radical (unpaired) electrons. The molecule has 1 amide bonds. The van der Waals surface area contributed by atoms with Gasteiger partial charge in [-0.1, -0.05) is 42.5 Å². The van der Waals surface area contributed by atoms with Crippen LogP contribution >= 0.6 is 0 Å². The summed E-state index contributed by atoms with van der Waals surface area (Å²) >= 11 is 0. The third-order valence-corrected chi connectivity index (χ3v) is 6.15. The molecule has 2 aromatic rings. The fourth-order valence-corrected chi connectivity index (χ4v) is 4.40. The first-order valence-electron chi connectivity index (χ1n) is 11.4. The van der Waals surface area contributed by atoms with Gasteiger partial charge in [0.05, 0.1) is 26.8 Å². The summed E-state index contributed by atoms with van der Waals surface area (Å²) in [4.78, 5) is 47.0. The third kappa shape index (κ3) is 5.22. The van der Waals surface area contributed by atoms with Crippen molar-refractivity contribution in [3.63, 3.8) is 0 Å². The Morgan fingerprint density at radius 3 is 2.35 bits per heavy atom. The smallest absolute Gasteiger partial charge is 0.337 e. The number of nitro benzene ring substituents is 1. The Kier molecular flexibility index (Phi) is 7.09. The average Bonchev–Trinajstić information content (AvgIpc) is 2.87. The number of nitro groups is 2. The normalized spacial score (nSPS) is 17.5. The molecule has 0 aliphatic carbocycles. The lowest BCUT2D eigenvalue weighted by atomic mass is 9.83. The van der Waals surface area contributed by atoms with Crippen LogP contribution in [0.5, 0.6) is 0 Å². The van der Waals surface area contributed by atoms with Crippen LogP contribution in [0, 0.1) is 20.2 Å². The van der Waals surface area contributed by atoms with Crippen LogP contribution in [0.4, 0.5) is 5.69 Å². The molecular weight excluding hydrogens is 482 g/mol. The molecule has 2 heterocycles. The first-order valence-corrected chi connectivity index (χ1v) is 11.4. The van der Waals surface area contributed by atoms with Crippen molar-refractivity contribution in [1.29, 1.82) is 0 Å². The van der Waals surface area contributed by atoms with Crippen LogP contribution in [-0.4, -0.2) is 27.4 Å². The van der Waals surface area contributed by atoms with Crippen molar-refractivity contribution in [2.45, 2.75) is 39.2 Å². The molecule has 4 rings (SSSR count). The van der Waals surface area contributed by atoms with E-state index >= 15 is 0 Å². The number of hydrogen-bond donors (Lipinski definition) is 2. The lowest BCUT2D eigenvalue weighted by Gasteiger charge is -2.26. The molecule has 12 heteroatoms. The van der Waals surface area contributed by atoms with E-state index in [1.807, 2.05) is 0 Å². The van der Waals surface area contributed by atoms with Gasteiger partial charge in [0.1, 0.15) is 12.5 Å². The number of allylic oxidation sites excluding steroid dienone is 3. The van der Waals surface area contributed by atoms with Crippen molar-refractivity contribution in [2.24, 2.45) is 5.10 Å². The number of hydrazone groups is 1. The molecule has 0 fully saturated rings. The van der Waals surface area contributed by atoms with E-state index in [-0.39, 0.29) is 40.7 Å². The van der Waals surface area contributed by atoms with Crippen molar-refractivity contribution in [3.8, 4) is 0 Å². The summed E-state index contributed by atoms with van der Waals surface area (Å²) in [6.45, 7) is 2.92. The van der Waals surface area contributed by atoms with Gasteiger partial charge in [0.2, 0.25) is 5.91 Å². The van der Waals surface area contributed by atoms with E-state index in [9.17, 15) is 29.8 Å². The monoisotopic (exact) mass is 505 g/mol. The summed E-state index contributed by atoms with van der Waals surface area (Å²) in [5.41, 5.74) is 4.39. The minimum atomic E-state index is -1.30. The van der Waals surface area contributed by atoms with Crippen LogP contribution in [0.15, 0.2) is 76.3 Å². The number of benzene rings is 2. The minimum absolute atomic E-state index is 0.0241. The van der Waals surface area contributed by atoms with Gasteiger partial charge in [-0.15, -0.1) is 0 Å². The highest BCUT2D eigenvalue weighted by molar-refractivity contribution is 6.04. The molecule has 2 aliphatic heterocycles. The first-order chi connectivity index (χ1) is 17.7. The number of ether oxygens (including phenoxy) is 1. The molecule has 0 spiro atoms. The second kappa shape index (κ2) is 10.4. The number of hydrogen-bond acceptors (Lipinski definition) is 9. The number of para-hydroxylation sites is 1. The molecule has 0 bridgehead atoms. The molecule has 0 unspecified atom stereocenters. The summed E-state index contributed by atoms with van der Waals surface area (Å²) in [6.07, 6.45) is 0.862. The molecule has 0 aromatic heterocycles. The lowest BCUT2D eigenvalue weighted by molar-refractivity contribution is -0.431. The Morgan fingerprint density at radius 2 is 1.73 bits per heavy atom. The Balaban J connectivity index is 1.60. The van der Waals surface area contributed by atoms with Crippen LogP contribution < -0.4 is 10.7 Å². The Hall–Kier alpha value is -4.87. The fraction of sp³-hybridized carbons (Fsp3) is 0.240. The predicted octanol–water partition coefficient (Wildman–Crippen LogP) is 3.42. The third-order valence-electron chi connectivity index (χ3n) is 6.15. The Bertz CT molecular complexity index is 1390. The van der Waals surface area contributed by atoms with Gasteiger partial charge in [0, 0.05) is 30.2 Å². The average molecular weight is 505 g/mol. The summed E-state index contributed by atoms with van der Waals surface area (Å²) in [5.74, 6) is -2.27. The Labute approximate surface area is 211 Å². The molecule has 37 heavy (non-hydrogen) atoms. The number of amides is 1. The molecule has 12 nitrogen and oxygen atoms in total. The molecule has 1 atom stereocenters. The van der Waals surface area contributed by atoms with Gasteiger partial charge in [0.15, 0.2) is 0 Å². The maximum absolute atomic E-state index is 13.3. The number of rotatable bonds is 7. The molecule has 0 saturated heterocycles. The van der Waals surface area contributed by atoms with Crippen LogP contribution in [0.3, 0.4) is 0 Å². The second-order valence-electron chi connectivity index (χ2n) is 8.55. The Morgan fingerprint density at radius 1 is 1.03 bits per heavy atom. The zero-order valence-electron chi connectivity index (χ0n) is 20.0. The van der Waals surface area contributed by atoms with Gasteiger partial charge in [-0.2, -0.15) is 5.10 Å². The number of nitrogens with one attached hydrogen (secondary N) is 2. The SMILES string of the molecule is CC1=C(C(=O)OCc2ccc(C3=NNC(=O)CC3)cc2)[C@@H](c2ccccc2[N+](=O)[O-])C([N+](=O)[O-])=C(C)N1. The standard InChI is InChI=1S/C25H23N5O7/c1-14-22(23(24(30(35)36)15(2)26-14)18-5-3-4-6-20(18)29(33)34)25(32)37-13-16-7-9-17(10-8-16)19-11-12-21(31)28-27-19/h3-10,23,26H,11-13H2,1-2H3,(H,28,31)/t23-/m1/s1. The van der Waals surface area contributed by atoms with E-state index in [0.717, 1.165) is 11.3 Å². The van der Waals surface area contributed by atoms with E-state index in [1.165, 1.54) is 31.2 Å². The zero-order valence-corrected chi connectivity index (χ0v) is 20.0. The fourth-order valence-electron chi connectivity index (χ4n) is 4.40. The highest BCUT2D eigenvalue weighted by Crippen LogP contribution is 2.42. The number of dihydropyridines is 1. The summed E-state index contributed by atoms with van der Waals surface area (Å²) in [5, 5.41) is 30.6. The highest BCUT2D eigenvalue weighted by atomic mass is 16.6. The maximum atomic E-state index is 13.3. The van der Waals surface area contributed by atoms with Gasteiger partial charge in [-0.25, -0.2) is 10.2 Å². The van der Waals surface area contributed by atoms with Crippen LogP contribution in [0.2, 0.25) is 0 Å². The first kappa shape index (κ1) is 25.2. The summed E-state index contributed by atoms with van der Waals surface area (Å²) in [6, 6.07) is 12.7. The van der Waals surface area contributed by atoms with E-state index in [2.05, 4.69) is 15.8 Å². The van der Waals surface area contributed by atoms with Crippen LogP contribution in [-0.2, 0) is 20.9 Å². The minimum Gasteiger partial charge on any atom is -0.457 e. The zero-order chi connectivity index (χ0) is 26.7. The van der Waals surface area contributed by atoms with Crippen molar-refractivity contribution >= 4 is 23.3 Å². The molecule has 2 aliphatic rings. The number of esters is 1. The molecule has 2 N–H and O–H groups in total. The van der Waals surface area contributed by atoms with Crippen LogP contribution in [0.25, 0.3) is 0 Å². The van der Waals surface area contributed by atoms with Crippen molar-refractivity contribution in [3.05, 3.63) is 108 Å². The van der Waals surface area contributed by atoms with E-state index in [4.69, 9.17) is 4.74 Å². The summed E-state index contributed by atoms with van der Waals surface area (Å²) < 4.78 is 5.51. The molecular formula is C25H23N5O7.